The van der Waals surface area contributed by atoms with E-state index in [1.807, 2.05) is 73.8 Å². The second-order valence-corrected chi connectivity index (χ2v) is 16.2. The van der Waals surface area contributed by atoms with Gasteiger partial charge < -0.3 is 14.1 Å². The van der Waals surface area contributed by atoms with E-state index < -0.39 is 15.1 Å². The van der Waals surface area contributed by atoms with Gasteiger partial charge in [-0.05, 0) is 108 Å². The molecule has 0 spiro atoms. The first kappa shape index (κ1) is 51.5. The molecule has 0 saturated carbocycles. The minimum Gasteiger partial charge on any atom is -1.00 e. The van der Waals surface area contributed by atoms with Crippen molar-refractivity contribution in [1.82, 2.24) is 0 Å². The Hall–Kier alpha value is -4.83. The Morgan fingerprint density at radius 3 is 1.55 bits per heavy atom. The summed E-state index contributed by atoms with van der Waals surface area (Å²) in [7, 11) is -7.33. The first-order chi connectivity index (χ1) is 28.7. The molecule has 3 nitrogen and oxygen atoms in total. The molecule has 0 fully saturated rings. The molecule has 1 aromatic heterocycles. The van der Waals surface area contributed by atoms with Crippen LogP contribution >= 0.6 is 63.7 Å². The molecule has 0 saturated heterocycles. The first-order valence-corrected chi connectivity index (χ1v) is 21.0. The van der Waals surface area contributed by atoms with Gasteiger partial charge in [-0.3, -0.25) is 25.9 Å². The van der Waals surface area contributed by atoms with Gasteiger partial charge in [0.1, 0.15) is 11.5 Å². The van der Waals surface area contributed by atoms with E-state index in [-0.39, 0.29) is 9.41 Å². The van der Waals surface area contributed by atoms with Crippen molar-refractivity contribution in [3.05, 3.63) is 204 Å². The summed E-state index contributed by atoms with van der Waals surface area (Å²) >= 11 is 14.0. The van der Waals surface area contributed by atoms with Gasteiger partial charge >= 0.3 is 26.6 Å². The molecule has 6 aromatic rings. The van der Waals surface area contributed by atoms with Crippen molar-refractivity contribution in [1.29, 1.82) is 0 Å². The maximum Gasteiger partial charge on any atom is 0.762 e. The van der Waals surface area contributed by atoms with E-state index in [0.29, 0.717) is 0 Å². The minimum atomic E-state index is -3.67. The molecule has 3 heterocycles. The van der Waals surface area contributed by atoms with E-state index in [4.69, 9.17) is 9.15 Å². The van der Waals surface area contributed by atoms with Crippen LogP contribution in [0.2, 0.25) is 0 Å². The topological polar surface area (TPSA) is 34.5 Å². The SMILES string of the molecule is Brc1ccc(C2=CC(=CC=C3C=[NH+]c4ccccc43)OC(c3ccc(Br)cc3)=C2)cc1.Cc1cc(-c2ccc(Br)cc2)cc(-c2ccc(Br)cc2)[o+]1.FB(F)F.FB(F)F.[F-].[F-]. The molecule has 0 amide bonds. The van der Waals surface area contributed by atoms with Crippen LogP contribution in [-0.2, 0) is 4.74 Å². The van der Waals surface area contributed by atoms with E-state index in [1.165, 1.54) is 11.1 Å². The number of fused-ring (bicyclic) bond motifs is 1. The third-order valence-electron chi connectivity index (χ3n) is 8.39. The summed E-state index contributed by atoms with van der Waals surface area (Å²) in [6.07, 6.45) is 10.3. The Morgan fingerprint density at radius 2 is 1.02 bits per heavy atom. The Kier molecular flexibility index (Phi) is 21.0. The highest BCUT2D eigenvalue weighted by Gasteiger charge is 2.19. The van der Waals surface area contributed by atoms with Gasteiger partial charge in [0.2, 0.25) is 5.69 Å². The number of halogens is 12. The van der Waals surface area contributed by atoms with E-state index in [9.17, 15) is 25.9 Å². The fourth-order valence-corrected chi connectivity index (χ4v) is 6.83. The van der Waals surface area contributed by atoms with Crippen LogP contribution in [0.25, 0.3) is 39.4 Å². The van der Waals surface area contributed by atoms with E-state index in [0.717, 1.165) is 80.0 Å². The monoisotopic (exact) mass is 1110 g/mol. The van der Waals surface area contributed by atoms with Crippen LogP contribution < -0.4 is 14.4 Å². The molecular weight excluding hydrogens is 1080 g/mol. The van der Waals surface area contributed by atoms with Crippen molar-refractivity contribution in [2.24, 2.45) is 0 Å². The Morgan fingerprint density at radius 1 is 0.548 bits per heavy atom. The number of benzene rings is 5. The third-order valence-corrected chi connectivity index (χ3v) is 10.5. The molecule has 0 aliphatic carbocycles. The summed E-state index contributed by atoms with van der Waals surface area (Å²) in [6, 6.07) is 45.4. The molecule has 2 aliphatic rings. The fourth-order valence-electron chi connectivity index (χ4n) is 5.77. The van der Waals surface area contributed by atoms with Gasteiger partial charge in [0.15, 0.2) is 6.21 Å². The number of allylic oxidation sites excluding steroid dienone is 6. The molecule has 0 unspecified atom stereocenters. The van der Waals surface area contributed by atoms with Crippen LogP contribution in [0.4, 0.5) is 31.6 Å². The van der Waals surface area contributed by atoms with Crippen molar-refractivity contribution in [2.45, 2.75) is 6.92 Å². The summed E-state index contributed by atoms with van der Waals surface area (Å²) < 4.78 is 74.4. The lowest BCUT2D eigenvalue weighted by atomic mass is 10.0. The zero-order chi connectivity index (χ0) is 43.2. The van der Waals surface area contributed by atoms with Crippen molar-refractivity contribution >= 4 is 108 Å². The Balaban J connectivity index is 0.000000287. The molecule has 0 radical (unpaired) electrons. The summed E-state index contributed by atoms with van der Waals surface area (Å²) in [4.78, 5) is 3.32. The number of ether oxygens (including phenoxy) is 1. The van der Waals surface area contributed by atoms with Crippen molar-refractivity contribution in [3.63, 3.8) is 0 Å². The molecular formula is C45H31B2Br4F8NO2. The summed E-state index contributed by atoms with van der Waals surface area (Å²) in [5.41, 5.74) is 10.1. The van der Waals surface area contributed by atoms with Crippen molar-refractivity contribution in [2.75, 3.05) is 0 Å². The Bertz CT molecular complexity index is 2460. The lowest BCUT2D eigenvalue weighted by Crippen LogP contribution is -3.00. The Labute approximate surface area is 387 Å². The fraction of sp³-hybridized carbons (Fsp3) is 0.0222. The third kappa shape index (κ3) is 16.1. The van der Waals surface area contributed by atoms with Crippen LogP contribution in [-0.4, -0.2) is 21.3 Å². The first-order valence-electron chi connectivity index (χ1n) is 17.8. The largest absolute Gasteiger partial charge is 1.00 e. The van der Waals surface area contributed by atoms with Crippen LogP contribution in [0.3, 0.4) is 0 Å². The average Bonchev–Trinajstić information content (AvgIpc) is 3.64. The predicted octanol–water partition coefficient (Wildman–Crippen LogP) is 8.93. The maximum absolute atomic E-state index is 9.67. The minimum absolute atomic E-state index is 0. The zero-order valence-corrected chi connectivity index (χ0v) is 38.4. The highest BCUT2D eigenvalue weighted by Crippen LogP contribution is 2.34. The van der Waals surface area contributed by atoms with E-state index in [2.05, 4.69) is 166 Å². The highest BCUT2D eigenvalue weighted by molar-refractivity contribution is 9.11. The normalized spacial score (nSPS) is 13.1. The van der Waals surface area contributed by atoms with Gasteiger partial charge in [0.25, 0.3) is 0 Å². The van der Waals surface area contributed by atoms with E-state index in [1.54, 1.807) is 0 Å². The van der Waals surface area contributed by atoms with Gasteiger partial charge in [-0.15, -0.1) is 0 Å². The number of nitrogens with one attached hydrogen (secondary N) is 1. The summed E-state index contributed by atoms with van der Waals surface area (Å²) in [5, 5.41) is 0. The van der Waals surface area contributed by atoms with Crippen LogP contribution in [0.1, 0.15) is 22.5 Å². The van der Waals surface area contributed by atoms with Gasteiger partial charge in [-0.2, -0.15) is 0 Å². The van der Waals surface area contributed by atoms with Gasteiger partial charge in [0, 0.05) is 41.2 Å². The smallest absolute Gasteiger partial charge is 0.762 e. The number of aryl methyl sites for hydroxylation is 1. The van der Waals surface area contributed by atoms with Gasteiger partial charge in [-0.1, -0.05) is 112 Å². The molecule has 17 heteroatoms. The second kappa shape index (κ2) is 25.3. The number of hydrogen-bond donors (Lipinski definition) is 1. The predicted molar refractivity (Wildman–Crippen MR) is 247 cm³/mol. The van der Waals surface area contributed by atoms with Gasteiger partial charge in [0.05, 0.1) is 29.7 Å². The lowest BCUT2D eigenvalue weighted by molar-refractivity contribution is -0.342. The summed E-state index contributed by atoms with van der Waals surface area (Å²) in [6.45, 7) is 1.98. The molecule has 318 valence electrons. The van der Waals surface area contributed by atoms with E-state index >= 15 is 0 Å². The molecule has 62 heavy (non-hydrogen) atoms. The molecule has 0 atom stereocenters. The van der Waals surface area contributed by atoms with Crippen molar-refractivity contribution < 1.29 is 49.4 Å². The maximum atomic E-state index is 9.67. The molecule has 1 N–H and O–H groups in total. The highest BCUT2D eigenvalue weighted by atomic mass is 79.9. The lowest BCUT2D eigenvalue weighted by Gasteiger charge is -2.18. The standard InChI is InChI=1S/C27H17Br2NO.C18H13Br2O.2BF3.2FH/c28-22-10-5-18(6-11-22)21-15-24(31-27(16-21)19-7-12-23(29)13-8-19)14-9-20-17-30-26-4-2-1-3-25(20)26;1-12-10-15(13-2-6-16(19)7-3-13)11-18(21-12)14-4-8-17(20)9-5-14;2*2-1(3)4;;/h1-17H;2-11H,1H3;;;2*1H/q;+1;;;;/p-1. The second-order valence-electron chi connectivity index (χ2n) is 12.6. The zero-order valence-electron chi connectivity index (χ0n) is 32.1. The molecule has 0 bridgehead atoms. The van der Waals surface area contributed by atoms with Crippen LogP contribution in [0.15, 0.2) is 186 Å². The number of hydrogen-bond acceptors (Lipinski definition) is 1. The average molecular weight is 1110 g/mol. The van der Waals surface area contributed by atoms with Crippen molar-refractivity contribution in [3.8, 4) is 22.5 Å². The number of para-hydroxylation sites is 1. The summed E-state index contributed by atoms with van der Waals surface area (Å²) in [5.74, 6) is 3.39. The number of rotatable bonds is 5. The molecule has 8 rings (SSSR count). The van der Waals surface area contributed by atoms with Crippen LogP contribution in [0.5, 0.6) is 0 Å². The molecule has 5 aromatic carbocycles. The van der Waals surface area contributed by atoms with Gasteiger partial charge in [-0.25, -0.2) is 9.41 Å². The van der Waals surface area contributed by atoms with Crippen LogP contribution in [0, 0.1) is 6.92 Å². The quantitative estimate of drug-likeness (QED) is 0.106. The molecule has 2 aliphatic heterocycles.